The number of nitrogens with one attached hydrogen (secondary N) is 2. The highest BCUT2D eigenvalue weighted by Gasteiger charge is 2.65. The molecule has 2 unspecified atom stereocenters. The fourth-order valence-corrected chi connectivity index (χ4v) is 7.26. The highest BCUT2D eigenvalue weighted by atomic mass is 35.5. The Bertz CT molecular complexity index is 2150. The topological polar surface area (TPSA) is 146 Å². The summed E-state index contributed by atoms with van der Waals surface area (Å²) in [6.07, 6.45) is 1.86. The normalized spacial score (nSPS) is 18.7. The van der Waals surface area contributed by atoms with Crippen LogP contribution in [0.3, 0.4) is 0 Å². The highest BCUT2D eigenvalue weighted by Crippen LogP contribution is 2.62. The second-order valence-electron chi connectivity index (χ2n) is 11.9. The number of urea groups is 1. The van der Waals surface area contributed by atoms with Gasteiger partial charge in [-0.1, -0.05) is 59.6 Å². The number of rotatable bonds is 6. The number of nitrogens with two attached hydrogens (primary N) is 1. The number of methoxy groups -OCH3 is 2. The molecule has 1 saturated heterocycles. The third-order valence-corrected chi connectivity index (χ3v) is 9.66. The lowest BCUT2D eigenvalue weighted by atomic mass is 9.52. The maximum absolute atomic E-state index is 14.8. The molecule has 1 aliphatic heterocycles. The fraction of sp³-hybridized carbons (Fsp3) is 0.132. The third-order valence-electron chi connectivity index (χ3n) is 9.16. The van der Waals surface area contributed by atoms with E-state index in [2.05, 4.69) is 10.6 Å². The van der Waals surface area contributed by atoms with Crippen LogP contribution in [0.5, 0.6) is 11.5 Å². The smallest absolute Gasteiger partial charge is 0.328 e. The van der Waals surface area contributed by atoms with Crippen molar-refractivity contribution >= 4 is 58.6 Å². The lowest BCUT2D eigenvalue weighted by molar-refractivity contribution is -0.146. The second kappa shape index (κ2) is 13.0. The predicted molar refractivity (Wildman–Crippen MR) is 191 cm³/mol. The maximum Gasteiger partial charge on any atom is 0.328 e. The van der Waals surface area contributed by atoms with E-state index in [1.807, 2.05) is 30.3 Å². The highest BCUT2D eigenvalue weighted by molar-refractivity contribution is 6.31. The van der Waals surface area contributed by atoms with Crippen LogP contribution < -0.4 is 25.8 Å². The number of nitrogen functional groups attached to an aromatic ring is 1. The molecule has 7 rings (SSSR count). The first kappa shape index (κ1) is 32.8. The molecule has 4 N–H and O–H groups in total. The second-order valence-corrected chi connectivity index (χ2v) is 12.7. The number of imide groups is 2. The van der Waals surface area contributed by atoms with Crippen LogP contribution in [0.15, 0.2) is 97.1 Å². The number of anilines is 1. The van der Waals surface area contributed by atoms with E-state index >= 15 is 0 Å². The molecule has 2 aliphatic rings. The van der Waals surface area contributed by atoms with E-state index in [9.17, 15) is 14.4 Å². The first-order valence-electron chi connectivity index (χ1n) is 15.5. The summed E-state index contributed by atoms with van der Waals surface area (Å²) >= 11 is 12.7. The molecule has 4 aromatic carbocycles. The fourth-order valence-electron chi connectivity index (χ4n) is 7.01. The van der Waals surface area contributed by atoms with Crippen molar-refractivity contribution in [3.8, 4) is 22.8 Å². The number of hydrogen-bond acceptors (Lipinski definition) is 8. The van der Waals surface area contributed by atoms with Crippen LogP contribution in [0.4, 0.5) is 10.7 Å². The number of ether oxygens (including phenoxy) is 2. The van der Waals surface area contributed by atoms with Gasteiger partial charge in [-0.05, 0) is 89.0 Å². The van der Waals surface area contributed by atoms with E-state index in [-0.39, 0.29) is 5.95 Å². The molecule has 50 heavy (non-hydrogen) atoms. The summed E-state index contributed by atoms with van der Waals surface area (Å²) < 4.78 is 10.8. The van der Waals surface area contributed by atoms with E-state index < -0.39 is 35.1 Å². The van der Waals surface area contributed by atoms with E-state index in [1.165, 1.54) is 0 Å². The number of allylic oxidation sites excluding steroid dienone is 1. The summed E-state index contributed by atoms with van der Waals surface area (Å²) in [5.41, 5.74) is 8.71. The van der Waals surface area contributed by atoms with Crippen LogP contribution in [-0.4, -0.2) is 42.0 Å². The average Bonchev–Trinajstić information content (AvgIpc) is 3.11. The molecule has 10 nitrogen and oxygen atoms in total. The van der Waals surface area contributed by atoms with Crippen molar-refractivity contribution in [1.29, 1.82) is 0 Å². The molecular weight excluding hydrogens is 677 g/mol. The van der Waals surface area contributed by atoms with Crippen LogP contribution in [0.25, 0.3) is 22.9 Å². The van der Waals surface area contributed by atoms with Gasteiger partial charge in [-0.25, -0.2) is 14.8 Å². The first-order chi connectivity index (χ1) is 24.1. The number of fused-ring (bicyclic) bond motifs is 1. The van der Waals surface area contributed by atoms with Crippen LogP contribution in [0.1, 0.15) is 39.8 Å². The molecule has 4 amide bonds. The minimum Gasteiger partial charge on any atom is -0.497 e. The average molecular weight is 707 g/mol. The Morgan fingerprint density at radius 3 is 1.68 bits per heavy atom. The zero-order valence-corrected chi connectivity index (χ0v) is 28.3. The van der Waals surface area contributed by atoms with Crippen LogP contribution >= 0.6 is 23.2 Å². The Morgan fingerprint density at radius 1 is 0.680 bits per heavy atom. The number of benzene rings is 4. The third kappa shape index (κ3) is 5.52. The molecular formula is C38H29Cl2N5O5. The number of carbonyl (C=O) groups is 3. The van der Waals surface area contributed by atoms with Gasteiger partial charge >= 0.3 is 6.03 Å². The predicted octanol–water partition coefficient (Wildman–Crippen LogP) is 6.87. The van der Waals surface area contributed by atoms with Gasteiger partial charge in [0, 0.05) is 33.0 Å². The van der Waals surface area contributed by atoms with Gasteiger partial charge in [0.1, 0.15) is 11.5 Å². The molecule has 1 fully saturated rings. The molecule has 2 heterocycles. The molecule has 12 heteroatoms. The molecule has 1 spiro atoms. The summed E-state index contributed by atoms with van der Waals surface area (Å²) in [5.74, 6) is -2.45. The lowest BCUT2D eigenvalue weighted by Gasteiger charge is -2.50. The quantitative estimate of drug-likeness (QED) is 0.162. The van der Waals surface area contributed by atoms with E-state index in [1.54, 1.807) is 87.0 Å². The van der Waals surface area contributed by atoms with Crippen molar-refractivity contribution in [3.63, 3.8) is 0 Å². The number of hydrogen-bond donors (Lipinski definition) is 3. The summed E-state index contributed by atoms with van der Waals surface area (Å²) in [5, 5.41) is 5.74. The SMILES string of the molecule is COc1ccc(/C=C2\c3nc(N)nc(-c4ccc(OC)cc4)c3C(c3ccc(Cl)cc3)C3(C(=O)NC(=O)NC3=O)C2c2ccc(Cl)cc2)cc1. The molecule has 0 radical (unpaired) electrons. The molecule has 1 aromatic heterocycles. The molecule has 250 valence electrons. The number of carbonyl (C=O) groups excluding carboxylic acids is 3. The van der Waals surface area contributed by atoms with Gasteiger partial charge in [-0.3, -0.25) is 20.2 Å². The minimum atomic E-state index is -2.01. The summed E-state index contributed by atoms with van der Waals surface area (Å²) in [6.45, 7) is 0. The Labute approximate surface area is 297 Å². The van der Waals surface area contributed by atoms with Crippen molar-refractivity contribution in [2.75, 3.05) is 20.0 Å². The summed E-state index contributed by atoms with van der Waals surface area (Å²) in [4.78, 5) is 52.0. The van der Waals surface area contributed by atoms with Gasteiger partial charge in [-0.2, -0.15) is 0 Å². The van der Waals surface area contributed by atoms with E-state index in [4.69, 9.17) is 48.4 Å². The van der Waals surface area contributed by atoms with Crippen LogP contribution in [0, 0.1) is 5.41 Å². The van der Waals surface area contributed by atoms with Gasteiger partial charge in [0.15, 0.2) is 5.41 Å². The van der Waals surface area contributed by atoms with Crippen molar-refractivity contribution in [3.05, 3.63) is 135 Å². The summed E-state index contributed by atoms with van der Waals surface area (Å²) in [6, 6.07) is 27.3. The van der Waals surface area contributed by atoms with Gasteiger partial charge in [0.2, 0.25) is 17.8 Å². The first-order valence-corrected chi connectivity index (χ1v) is 16.2. The van der Waals surface area contributed by atoms with Crippen molar-refractivity contribution in [2.24, 2.45) is 5.41 Å². The number of halogens is 2. The maximum atomic E-state index is 14.8. The van der Waals surface area contributed by atoms with E-state index in [0.717, 1.165) is 5.56 Å². The molecule has 5 aromatic rings. The Kier molecular flexibility index (Phi) is 8.51. The number of amides is 4. The van der Waals surface area contributed by atoms with Crippen molar-refractivity contribution in [1.82, 2.24) is 20.6 Å². The number of barbiturate groups is 1. The zero-order valence-electron chi connectivity index (χ0n) is 26.7. The Morgan fingerprint density at radius 2 is 1.16 bits per heavy atom. The Hall–Kier alpha value is -5.71. The standard InChI is InChI=1S/C38H29Cl2N5O5/c1-49-26-15-3-20(4-16-26)19-28-30(21-5-11-24(39)12-6-21)38(34(46)44-37(48)45-35(38)47)31(22-7-13-25(40)14-8-22)29-32(42-36(41)43-33(28)29)23-9-17-27(50-2)18-10-23/h3-19,30-31H,1-2H3,(H2,41,42,43)(H2,44,45,46,47,48)/b28-19-. The molecule has 2 atom stereocenters. The van der Waals surface area contributed by atoms with Gasteiger partial charge < -0.3 is 15.2 Å². The summed E-state index contributed by atoms with van der Waals surface area (Å²) in [7, 11) is 3.14. The van der Waals surface area contributed by atoms with Gasteiger partial charge in [0.05, 0.1) is 25.6 Å². The monoisotopic (exact) mass is 705 g/mol. The largest absolute Gasteiger partial charge is 0.497 e. The number of aromatic nitrogens is 2. The van der Waals surface area contributed by atoms with Crippen molar-refractivity contribution in [2.45, 2.75) is 11.8 Å². The zero-order chi connectivity index (χ0) is 35.2. The molecule has 0 bridgehead atoms. The Balaban J connectivity index is 1.67. The molecule has 0 saturated carbocycles. The molecule has 1 aliphatic carbocycles. The lowest BCUT2D eigenvalue weighted by Crippen LogP contribution is -2.67. The van der Waals surface area contributed by atoms with Crippen LogP contribution in [-0.2, 0) is 9.59 Å². The minimum absolute atomic E-state index is 0.0245. The van der Waals surface area contributed by atoms with Gasteiger partial charge in [-0.15, -0.1) is 0 Å². The van der Waals surface area contributed by atoms with Crippen molar-refractivity contribution < 1.29 is 23.9 Å². The number of nitrogens with zero attached hydrogens (tertiary/aromatic N) is 2. The van der Waals surface area contributed by atoms with Gasteiger partial charge in [0.25, 0.3) is 0 Å². The van der Waals surface area contributed by atoms with Crippen LogP contribution in [0.2, 0.25) is 10.0 Å². The van der Waals surface area contributed by atoms with E-state index in [0.29, 0.717) is 60.8 Å².